The van der Waals surface area contributed by atoms with Gasteiger partial charge in [-0.2, -0.15) is 0 Å². The molecule has 2 fully saturated rings. The normalized spacial score (nSPS) is 24.1. The molecule has 18 heavy (non-hydrogen) atoms. The van der Waals surface area contributed by atoms with Crippen LogP contribution in [0.4, 0.5) is 0 Å². The molecule has 1 saturated heterocycles. The molecule has 0 bridgehead atoms. The van der Waals surface area contributed by atoms with Crippen molar-refractivity contribution in [3.63, 3.8) is 0 Å². The van der Waals surface area contributed by atoms with Crippen LogP contribution in [0.5, 0.6) is 0 Å². The molecule has 1 unspecified atom stereocenters. The molecule has 104 valence electrons. The highest BCUT2D eigenvalue weighted by atomic mass is 16.5. The van der Waals surface area contributed by atoms with Crippen molar-refractivity contribution >= 4 is 5.97 Å². The Hall–Kier alpha value is -0.650. The SMILES string of the molecule is COC1CCN(CCC(NC2CC2)C(=O)O)CC1. The van der Waals surface area contributed by atoms with E-state index < -0.39 is 5.97 Å². The first-order chi connectivity index (χ1) is 8.69. The number of hydrogen-bond donors (Lipinski definition) is 2. The Kier molecular flexibility index (Phi) is 4.97. The van der Waals surface area contributed by atoms with Gasteiger partial charge in [0.05, 0.1) is 6.10 Å². The molecule has 0 aromatic rings. The number of carboxylic acid groups (broad SMARTS) is 1. The summed E-state index contributed by atoms with van der Waals surface area (Å²) in [6, 6.07) is 0.0722. The molecule has 1 aliphatic carbocycles. The Bertz CT molecular complexity index is 273. The number of ether oxygens (including phenoxy) is 1. The second-order valence-corrected chi connectivity index (χ2v) is 5.40. The third kappa shape index (κ3) is 4.23. The van der Waals surface area contributed by atoms with E-state index >= 15 is 0 Å². The van der Waals surface area contributed by atoms with Crippen LogP contribution in [0.25, 0.3) is 0 Å². The molecular formula is C13H24N2O3. The van der Waals surface area contributed by atoms with Crippen LogP contribution < -0.4 is 5.32 Å². The largest absolute Gasteiger partial charge is 0.480 e. The molecule has 5 heteroatoms. The summed E-state index contributed by atoms with van der Waals surface area (Å²) in [4.78, 5) is 13.5. The number of nitrogens with one attached hydrogen (secondary N) is 1. The maximum Gasteiger partial charge on any atom is 0.320 e. The number of nitrogens with zero attached hydrogens (tertiary/aromatic N) is 1. The summed E-state index contributed by atoms with van der Waals surface area (Å²) in [7, 11) is 1.76. The molecule has 1 atom stereocenters. The summed E-state index contributed by atoms with van der Waals surface area (Å²) in [5, 5.41) is 12.4. The molecule has 0 radical (unpaired) electrons. The summed E-state index contributed by atoms with van der Waals surface area (Å²) in [6.45, 7) is 2.91. The molecule has 1 saturated carbocycles. The van der Waals surface area contributed by atoms with E-state index in [9.17, 15) is 4.79 Å². The lowest BCUT2D eigenvalue weighted by atomic mass is 10.1. The zero-order valence-electron chi connectivity index (χ0n) is 11.1. The molecule has 1 heterocycles. The number of hydrogen-bond acceptors (Lipinski definition) is 4. The molecule has 0 amide bonds. The van der Waals surface area contributed by atoms with Gasteiger partial charge in [0.25, 0.3) is 0 Å². The van der Waals surface area contributed by atoms with Crippen LogP contribution >= 0.6 is 0 Å². The lowest BCUT2D eigenvalue weighted by Gasteiger charge is -2.31. The topological polar surface area (TPSA) is 61.8 Å². The number of aliphatic carboxylic acids is 1. The predicted octanol–water partition coefficient (Wildman–Crippen LogP) is 0.693. The fourth-order valence-corrected chi connectivity index (χ4v) is 2.49. The Morgan fingerprint density at radius 2 is 2.06 bits per heavy atom. The van der Waals surface area contributed by atoms with E-state index in [1.54, 1.807) is 7.11 Å². The zero-order chi connectivity index (χ0) is 13.0. The molecule has 2 rings (SSSR count). The first kappa shape index (κ1) is 13.8. The van der Waals surface area contributed by atoms with Gasteiger partial charge in [0, 0.05) is 32.8 Å². The van der Waals surface area contributed by atoms with Crippen molar-refractivity contribution in [1.82, 2.24) is 10.2 Å². The number of rotatable bonds is 7. The standard InChI is InChI=1S/C13H24N2O3/c1-18-11-4-7-15(8-5-11)9-6-12(13(16)17)14-10-2-3-10/h10-12,14H,2-9H2,1H3,(H,16,17). The van der Waals surface area contributed by atoms with E-state index in [1.807, 2.05) is 0 Å². The van der Waals surface area contributed by atoms with Crippen LogP contribution in [-0.2, 0) is 9.53 Å². The van der Waals surface area contributed by atoms with Crippen LogP contribution in [0, 0.1) is 0 Å². The van der Waals surface area contributed by atoms with E-state index in [-0.39, 0.29) is 6.04 Å². The summed E-state index contributed by atoms with van der Waals surface area (Å²) < 4.78 is 5.33. The minimum Gasteiger partial charge on any atom is -0.480 e. The predicted molar refractivity (Wildman–Crippen MR) is 68.7 cm³/mol. The quantitative estimate of drug-likeness (QED) is 0.702. The molecule has 0 spiro atoms. The summed E-state index contributed by atoms with van der Waals surface area (Å²) in [5.41, 5.74) is 0. The van der Waals surface area contributed by atoms with E-state index in [4.69, 9.17) is 9.84 Å². The van der Waals surface area contributed by atoms with Crippen LogP contribution in [0.2, 0.25) is 0 Å². The molecular weight excluding hydrogens is 232 g/mol. The second-order valence-electron chi connectivity index (χ2n) is 5.40. The highest BCUT2D eigenvalue weighted by molar-refractivity contribution is 5.73. The molecule has 1 aliphatic heterocycles. The van der Waals surface area contributed by atoms with E-state index in [0.717, 1.165) is 45.3 Å². The Labute approximate surface area is 108 Å². The van der Waals surface area contributed by atoms with Crippen molar-refractivity contribution in [3.8, 4) is 0 Å². The van der Waals surface area contributed by atoms with Crippen LogP contribution in [-0.4, -0.2) is 60.9 Å². The number of likely N-dealkylation sites (tertiary alicyclic amines) is 1. The summed E-state index contributed by atoms with van der Waals surface area (Å²) in [5.74, 6) is -0.714. The van der Waals surface area contributed by atoms with E-state index in [1.165, 1.54) is 0 Å². The Morgan fingerprint density at radius 1 is 1.39 bits per heavy atom. The van der Waals surface area contributed by atoms with Gasteiger partial charge in [0.2, 0.25) is 0 Å². The summed E-state index contributed by atoms with van der Waals surface area (Å²) >= 11 is 0. The first-order valence-electron chi connectivity index (χ1n) is 6.93. The van der Waals surface area contributed by atoms with Crippen molar-refractivity contribution in [1.29, 1.82) is 0 Å². The lowest BCUT2D eigenvalue weighted by Crippen LogP contribution is -2.43. The van der Waals surface area contributed by atoms with Gasteiger partial charge < -0.3 is 20.1 Å². The highest BCUT2D eigenvalue weighted by Gasteiger charge is 2.28. The minimum atomic E-state index is -0.714. The van der Waals surface area contributed by atoms with E-state index in [2.05, 4.69) is 10.2 Å². The van der Waals surface area contributed by atoms with Gasteiger partial charge >= 0.3 is 5.97 Å². The average Bonchev–Trinajstić information content (AvgIpc) is 3.18. The van der Waals surface area contributed by atoms with Gasteiger partial charge in [-0.05, 0) is 32.1 Å². The van der Waals surface area contributed by atoms with Crippen molar-refractivity contribution in [2.45, 2.75) is 50.3 Å². The third-order valence-electron chi connectivity index (χ3n) is 3.91. The van der Waals surface area contributed by atoms with Gasteiger partial charge in [-0.3, -0.25) is 4.79 Å². The molecule has 2 aliphatic rings. The number of carboxylic acids is 1. The average molecular weight is 256 g/mol. The molecule has 0 aromatic carbocycles. The number of piperidine rings is 1. The number of carbonyl (C=O) groups is 1. The van der Waals surface area contributed by atoms with Crippen LogP contribution in [0.3, 0.4) is 0 Å². The van der Waals surface area contributed by atoms with Crippen molar-refractivity contribution in [2.24, 2.45) is 0 Å². The molecule has 0 aromatic heterocycles. The van der Waals surface area contributed by atoms with Crippen LogP contribution in [0.1, 0.15) is 32.1 Å². The fraction of sp³-hybridized carbons (Fsp3) is 0.923. The fourth-order valence-electron chi connectivity index (χ4n) is 2.49. The van der Waals surface area contributed by atoms with Crippen molar-refractivity contribution in [3.05, 3.63) is 0 Å². The smallest absolute Gasteiger partial charge is 0.320 e. The van der Waals surface area contributed by atoms with Crippen molar-refractivity contribution < 1.29 is 14.6 Å². The van der Waals surface area contributed by atoms with Gasteiger partial charge in [-0.1, -0.05) is 0 Å². The lowest BCUT2D eigenvalue weighted by molar-refractivity contribution is -0.139. The Morgan fingerprint density at radius 3 is 2.56 bits per heavy atom. The van der Waals surface area contributed by atoms with Gasteiger partial charge in [0.1, 0.15) is 6.04 Å². The zero-order valence-corrected chi connectivity index (χ0v) is 11.1. The second kappa shape index (κ2) is 6.50. The van der Waals surface area contributed by atoms with E-state index in [0.29, 0.717) is 18.6 Å². The Balaban J connectivity index is 1.67. The molecule has 5 nitrogen and oxygen atoms in total. The van der Waals surface area contributed by atoms with Crippen LogP contribution in [0.15, 0.2) is 0 Å². The monoisotopic (exact) mass is 256 g/mol. The van der Waals surface area contributed by atoms with Gasteiger partial charge in [-0.25, -0.2) is 0 Å². The van der Waals surface area contributed by atoms with Crippen molar-refractivity contribution in [2.75, 3.05) is 26.7 Å². The highest BCUT2D eigenvalue weighted by Crippen LogP contribution is 2.20. The first-order valence-corrected chi connectivity index (χ1v) is 6.93. The number of methoxy groups -OCH3 is 1. The molecule has 2 N–H and O–H groups in total. The summed E-state index contributed by atoms with van der Waals surface area (Å²) in [6.07, 6.45) is 5.46. The third-order valence-corrected chi connectivity index (χ3v) is 3.91. The minimum absolute atomic E-state index is 0.377. The van der Waals surface area contributed by atoms with Gasteiger partial charge in [0.15, 0.2) is 0 Å². The van der Waals surface area contributed by atoms with Gasteiger partial charge in [-0.15, -0.1) is 0 Å². The maximum atomic E-state index is 11.1. The maximum absolute atomic E-state index is 11.1.